The summed E-state index contributed by atoms with van der Waals surface area (Å²) in [6, 6.07) is 7.21. The van der Waals surface area contributed by atoms with E-state index in [9.17, 15) is 9.59 Å². The SMILES string of the molecule is CCOC(=O)CN(CC)C(=O)c1cccc(COC)c1. The van der Waals surface area contributed by atoms with Crippen molar-refractivity contribution in [3.8, 4) is 0 Å². The summed E-state index contributed by atoms with van der Waals surface area (Å²) in [5.74, 6) is -0.575. The highest BCUT2D eigenvalue weighted by molar-refractivity contribution is 5.96. The second-order valence-corrected chi connectivity index (χ2v) is 4.26. The van der Waals surface area contributed by atoms with Gasteiger partial charge in [-0.1, -0.05) is 12.1 Å². The summed E-state index contributed by atoms with van der Waals surface area (Å²) in [5, 5.41) is 0. The average molecular weight is 279 g/mol. The molecule has 110 valence electrons. The molecule has 1 rings (SSSR count). The first-order valence-electron chi connectivity index (χ1n) is 6.65. The fourth-order valence-electron chi connectivity index (χ4n) is 1.83. The van der Waals surface area contributed by atoms with Gasteiger partial charge >= 0.3 is 5.97 Å². The summed E-state index contributed by atoms with van der Waals surface area (Å²) < 4.78 is 9.92. The van der Waals surface area contributed by atoms with Crippen LogP contribution in [-0.2, 0) is 20.9 Å². The van der Waals surface area contributed by atoms with E-state index in [2.05, 4.69) is 0 Å². The standard InChI is InChI=1S/C15H21NO4/c1-4-16(10-14(17)20-5-2)15(18)13-8-6-7-12(9-13)11-19-3/h6-9H,4-5,10-11H2,1-3H3. The normalized spacial score (nSPS) is 10.2. The number of nitrogens with zero attached hydrogens (tertiary/aromatic N) is 1. The molecule has 0 radical (unpaired) electrons. The van der Waals surface area contributed by atoms with Gasteiger partial charge in [0.15, 0.2) is 0 Å². The monoisotopic (exact) mass is 279 g/mol. The lowest BCUT2D eigenvalue weighted by atomic mass is 10.1. The van der Waals surface area contributed by atoms with Crippen molar-refractivity contribution in [3.63, 3.8) is 0 Å². The van der Waals surface area contributed by atoms with E-state index >= 15 is 0 Å². The average Bonchev–Trinajstić information content (AvgIpc) is 2.45. The van der Waals surface area contributed by atoms with Crippen molar-refractivity contribution in [2.45, 2.75) is 20.5 Å². The highest BCUT2D eigenvalue weighted by Crippen LogP contribution is 2.09. The van der Waals surface area contributed by atoms with Crippen molar-refractivity contribution in [3.05, 3.63) is 35.4 Å². The van der Waals surface area contributed by atoms with Gasteiger partial charge in [0, 0.05) is 19.2 Å². The first-order chi connectivity index (χ1) is 9.62. The molecule has 0 spiro atoms. The molecule has 5 nitrogen and oxygen atoms in total. The van der Waals surface area contributed by atoms with Crippen LogP contribution in [0.1, 0.15) is 29.8 Å². The van der Waals surface area contributed by atoms with Gasteiger partial charge in [-0.2, -0.15) is 0 Å². The predicted molar refractivity (Wildman–Crippen MR) is 75.4 cm³/mol. The second-order valence-electron chi connectivity index (χ2n) is 4.26. The third-order valence-electron chi connectivity index (χ3n) is 2.78. The smallest absolute Gasteiger partial charge is 0.325 e. The van der Waals surface area contributed by atoms with Gasteiger partial charge in [-0.15, -0.1) is 0 Å². The van der Waals surface area contributed by atoms with Gasteiger partial charge in [0.1, 0.15) is 6.54 Å². The minimum Gasteiger partial charge on any atom is -0.465 e. The maximum atomic E-state index is 12.3. The van der Waals surface area contributed by atoms with Crippen LogP contribution < -0.4 is 0 Å². The Kier molecular flexibility index (Phi) is 6.73. The molecular formula is C15H21NO4. The van der Waals surface area contributed by atoms with Crippen LogP contribution in [-0.4, -0.2) is 43.6 Å². The first-order valence-corrected chi connectivity index (χ1v) is 6.65. The van der Waals surface area contributed by atoms with Crippen LogP contribution in [0.25, 0.3) is 0 Å². The number of rotatable bonds is 7. The predicted octanol–water partition coefficient (Wildman–Crippen LogP) is 1.86. The van der Waals surface area contributed by atoms with E-state index in [-0.39, 0.29) is 12.5 Å². The van der Waals surface area contributed by atoms with Crippen molar-refractivity contribution in [2.24, 2.45) is 0 Å². The lowest BCUT2D eigenvalue weighted by Gasteiger charge is -2.20. The van der Waals surface area contributed by atoms with Crippen molar-refractivity contribution in [1.29, 1.82) is 0 Å². The number of hydrogen-bond acceptors (Lipinski definition) is 4. The third kappa shape index (κ3) is 4.66. The summed E-state index contributed by atoms with van der Waals surface area (Å²) in [6.45, 7) is 4.75. The van der Waals surface area contributed by atoms with E-state index in [1.54, 1.807) is 32.2 Å². The van der Waals surface area contributed by atoms with Gasteiger partial charge in [0.05, 0.1) is 13.2 Å². The molecular weight excluding hydrogens is 258 g/mol. The lowest BCUT2D eigenvalue weighted by molar-refractivity contribution is -0.143. The van der Waals surface area contributed by atoms with Crippen LogP contribution in [0.3, 0.4) is 0 Å². The molecule has 1 aromatic carbocycles. The molecule has 0 saturated carbocycles. The summed E-state index contributed by atoms with van der Waals surface area (Å²) in [7, 11) is 1.60. The molecule has 0 aliphatic rings. The number of benzene rings is 1. The Morgan fingerprint density at radius 1 is 1.25 bits per heavy atom. The van der Waals surface area contributed by atoms with Gasteiger partial charge in [0.2, 0.25) is 0 Å². The topological polar surface area (TPSA) is 55.8 Å². The van der Waals surface area contributed by atoms with Gasteiger partial charge in [-0.05, 0) is 31.5 Å². The molecule has 5 heteroatoms. The van der Waals surface area contributed by atoms with Gasteiger partial charge in [-0.3, -0.25) is 9.59 Å². The molecule has 1 amide bonds. The first kappa shape index (κ1) is 16.2. The maximum absolute atomic E-state index is 12.3. The number of hydrogen-bond donors (Lipinski definition) is 0. The number of amides is 1. The number of methoxy groups -OCH3 is 1. The molecule has 20 heavy (non-hydrogen) atoms. The molecule has 0 fully saturated rings. The largest absolute Gasteiger partial charge is 0.465 e. The van der Waals surface area contributed by atoms with E-state index in [0.29, 0.717) is 25.3 Å². The van der Waals surface area contributed by atoms with Crippen LogP contribution in [0, 0.1) is 0 Å². The van der Waals surface area contributed by atoms with Crippen molar-refractivity contribution >= 4 is 11.9 Å². The minimum atomic E-state index is -0.393. The number of ether oxygens (including phenoxy) is 2. The zero-order chi connectivity index (χ0) is 15.0. The second kappa shape index (κ2) is 8.32. The Labute approximate surface area is 119 Å². The van der Waals surface area contributed by atoms with Gasteiger partial charge in [-0.25, -0.2) is 0 Å². The fraction of sp³-hybridized carbons (Fsp3) is 0.467. The van der Waals surface area contributed by atoms with Gasteiger partial charge < -0.3 is 14.4 Å². The molecule has 0 unspecified atom stereocenters. The van der Waals surface area contributed by atoms with Crippen LogP contribution in [0.2, 0.25) is 0 Å². The van der Waals surface area contributed by atoms with E-state index < -0.39 is 5.97 Å². The molecule has 0 aliphatic carbocycles. The minimum absolute atomic E-state index is 0.0301. The molecule has 0 saturated heterocycles. The highest BCUT2D eigenvalue weighted by Gasteiger charge is 2.18. The number of likely N-dealkylation sites (N-methyl/N-ethyl adjacent to an activating group) is 1. The van der Waals surface area contributed by atoms with Gasteiger partial charge in [0.25, 0.3) is 5.91 Å². The van der Waals surface area contributed by atoms with E-state index in [0.717, 1.165) is 5.56 Å². The Morgan fingerprint density at radius 2 is 2.00 bits per heavy atom. The number of esters is 1. The summed E-state index contributed by atoms with van der Waals surface area (Å²) >= 11 is 0. The lowest BCUT2D eigenvalue weighted by Crippen LogP contribution is -2.36. The molecule has 1 aromatic rings. The Balaban J connectivity index is 2.79. The molecule has 0 N–H and O–H groups in total. The summed E-state index contributed by atoms with van der Waals surface area (Å²) in [6.07, 6.45) is 0. The Hall–Kier alpha value is -1.88. The Bertz CT molecular complexity index is 459. The fourth-order valence-corrected chi connectivity index (χ4v) is 1.83. The third-order valence-corrected chi connectivity index (χ3v) is 2.78. The quantitative estimate of drug-likeness (QED) is 0.715. The zero-order valence-corrected chi connectivity index (χ0v) is 12.2. The van der Waals surface area contributed by atoms with Crippen molar-refractivity contribution < 1.29 is 19.1 Å². The van der Waals surface area contributed by atoms with E-state index in [4.69, 9.17) is 9.47 Å². The molecule has 0 aromatic heterocycles. The number of carbonyl (C=O) groups excluding carboxylic acids is 2. The summed E-state index contributed by atoms with van der Waals surface area (Å²) in [5.41, 5.74) is 1.47. The summed E-state index contributed by atoms with van der Waals surface area (Å²) in [4.78, 5) is 25.3. The van der Waals surface area contributed by atoms with Crippen molar-refractivity contribution in [1.82, 2.24) is 4.90 Å². The van der Waals surface area contributed by atoms with Crippen LogP contribution in [0.5, 0.6) is 0 Å². The zero-order valence-electron chi connectivity index (χ0n) is 12.2. The molecule has 0 heterocycles. The van der Waals surface area contributed by atoms with Crippen molar-refractivity contribution in [2.75, 3.05) is 26.8 Å². The molecule has 0 atom stereocenters. The van der Waals surface area contributed by atoms with E-state index in [1.165, 1.54) is 4.90 Å². The molecule has 0 aliphatic heterocycles. The van der Waals surface area contributed by atoms with Crippen LogP contribution in [0.15, 0.2) is 24.3 Å². The maximum Gasteiger partial charge on any atom is 0.325 e. The van der Waals surface area contributed by atoms with Crippen LogP contribution in [0.4, 0.5) is 0 Å². The Morgan fingerprint density at radius 3 is 2.60 bits per heavy atom. The van der Waals surface area contributed by atoms with E-state index in [1.807, 2.05) is 13.0 Å². The highest BCUT2D eigenvalue weighted by atomic mass is 16.5. The molecule has 0 bridgehead atoms. The number of carbonyl (C=O) groups is 2. The van der Waals surface area contributed by atoms with Crippen LogP contribution >= 0.6 is 0 Å².